The van der Waals surface area contributed by atoms with Gasteiger partial charge in [0.1, 0.15) is 11.5 Å². The van der Waals surface area contributed by atoms with Crippen molar-refractivity contribution in [3.63, 3.8) is 0 Å². The van der Waals surface area contributed by atoms with E-state index >= 15 is 0 Å². The molecule has 0 aliphatic rings. The number of rotatable bonds is 6. The molecule has 0 saturated heterocycles. The molecule has 136 valence electrons. The maximum absolute atomic E-state index is 9.39. The molecule has 0 spiro atoms. The van der Waals surface area contributed by atoms with Gasteiger partial charge in [0.05, 0.1) is 5.69 Å². The molecule has 0 aliphatic carbocycles. The third-order valence-corrected chi connectivity index (χ3v) is 5.25. The van der Waals surface area contributed by atoms with Crippen LogP contribution in [0, 0.1) is 6.92 Å². The molecule has 0 unspecified atom stereocenters. The van der Waals surface area contributed by atoms with Crippen LogP contribution in [0.2, 0.25) is 0 Å². The van der Waals surface area contributed by atoms with Crippen molar-refractivity contribution in [2.24, 2.45) is 0 Å². The first kappa shape index (κ1) is 17.4. The van der Waals surface area contributed by atoms with Gasteiger partial charge in [0, 0.05) is 27.6 Å². The summed E-state index contributed by atoms with van der Waals surface area (Å²) in [5, 5.41) is 19.4. The standard InChI is InChI=1S/C19H16N4O2S2/c1-12-10-18(22-25-12)23-27-16-8-4-14(5-9-16)20-19-21-17(11-26-19)13-2-6-15(24)7-3-13/h2-11,24H,1H3,(H,20,21)(H,22,23). The molecular formula is C19H16N4O2S2. The fraction of sp³-hybridized carbons (Fsp3) is 0.0526. The molecular weight excluding hydrogens is 380 g/mol. The SMILES string of the molecule is Cc1cc(NSc2ccc(Nc3nc(-c4ccc(O)cc4)cs3)cc2)no1. The van der Waals surface area contributed by atoms with E-state index in [9.17, 15) is 5.11 Å². The van der Waals surface area contributed by atoms with Crippen molar-refractivity contribution in [1.82, 2.24) is 10.1 Å². The molecule has 0 saturated carbocycles. The summed E-state index contributed by atoms with van der Waals surface area (Å²) < 4.78 is 8.16. The summed E-state index contributed by atoms with van der Waals surface area (Å²) in [6.07, 6.45) is 0. The number of aromatic hydroxyl groups is 1. The lowest BCUT2D eigenvalue weighted by Gasteiger charge is -2.05. The molecule has 0 amide bonds. The van der Waals surface area contributed by atoms with E-state index in [-0.39, 0.29) is 5.75 Å². The Labute approximate surface area is 164 Å². The zero-order chi connectivity index (χ0) is 18.6. The van der Waals surface area contributed by atoms with Crippen LogP contribution in [0.1, 0.15) is 5.76 Å². The highest BCUT2D eigenvalue weighted by Crippen LogP contribution is 2.29. The summed E-state index contributed by atoms with van der Waals surface area (Å²) in [7, 11) is 0. The number of phenols is 1. The van der Waals surface area contributed by atoms with Crippen LogP contribution in [0.4, 0.5) is 16.6 Å². The Balaban J connectivity index is 1.37. The van der Waals surface area contributed by atoms with E-state index in [2.05, 4.69) is 20.2 Å². The van der Waals surface area contributed by atoms with Crippen molar-refractivity contribution >= 4 is 39.9 Å². The highest BCUT2D eigenvalue weighted by molar-refractivity contribution is 8.00. The van der Waals surface area contributed by atoms with Crippen molar-refractivity contribution in [2.75, 3.05) is 10.0 Å². The maximum Gasteiger partial charge on any atom is 0.187 e. The number of aryl methyl sites for hydroxylation is 1. The van der Waals surface area contributed by atoms with E-state index in [1.165, 1.54) is 23.3 Å². The number of aromatic nitrogens is 2. The molecule has 2 aromatic heterocycles. The van der Waals surface area contributed by atoms with Gasteiger partial charge in [-0.2, -0.15) is 0 Å². The van der Waals surface area contributed by atoms with Gasteiger partial charge in [0.2, 0.25) is 0 Å². The normalized spacial score (nSPS) is 10.7. The van der Waals surface area contributed by atoms with Gasteiger partial charge in [-0.3, -0.25) is 0 Å². The lowest BCUT2D eigenvalue weighted by Crippen LogP contribution is -1.90. The Kier molecular flexibility index (Phi) is 4.99. The summed E-state index contributed by atoms with van der Waals surface area (Å²) in [5.74, 6) is 1.72. The molecule has 27 heavy (non-hydrogen) atoms. The van der Waals surface area contributed by atoms with Crippen LogP contribution in [-0.4, -0.2) is 15.2 Å². The van der Waals surface area contributed by atoms with Crippen molar-refractivity contribution < 1.29 is 9.63 Å². The number of phenolic OH excluding ortho intramolecular Hbond substituents is 1. The number of thiazole rings is 1. The van der Waals surface area contributed by atoms with Crippen LogP contribution in [0.15, 0.2) is 69.4 Å². The second-order valence-corrected chi connectivity index (χ2v) is 7.50. The van der Waals surface area contributed by atoms with E-state index in [0.29, 0.717) is 5.82 Å². The molecule has 0 bridgehead atoms. The van der Waals surface area contributed by atoms with Gasteiger partial charge in [0.15, 0.2) is 10.9 Å². The molecule has 6 nitrogen and oxygen atoms in total. The number of nitrogens with one attached hydrogen (secondary N) is 2. The third-order valence-electron chi connectivity index (χ3n) is 3.67. The summed E-state index contributed by atoms with van der Waals surface area (Å²) >= 11 is 3.01. The van der Waals surface area contributed by atoms with Crippen LogP contribution < -0.4 is 10.0 Å². The Bertz CT molecular complexity index is 1030. The first-order valence-corrected chi connectivity index (χ1v) is 9.83. The average Bonchev–Trinajstić information content (AvgIpc) is 3.31. The first-order valence-electron chi connectivity index (χ1n) is 8.14. The molecule has 3 N–H and O–H groups in total. The lowest BCUT2D eigenvalue weighted by molar-refractivity contribution is 0.400. The van der Waals surface area contributed by atoms with Gasteiger partial charge in [-0.05, 0) is 67.4 Å². The summed E-state index contributed by atoms with van der Waals surface area (Å²) in [6, 6.07) is 16.9. The second kappa shape index (κ2) is 7.73. The minimum atomic E-state index is 0.249. The minimum Gasteiger partial charge on any atom is -0.508 e. The number of hydrogen-bond acceptors (Lipinski definition) is 8. The minimum absolute atomic E-state index is 0.249. The fourth-order valence-corrected chi connectivity index (χ4v) is 3.68. The van der Waals surface area contributed by atoms with Crippen molar-refractivity contribution in [2.45, 2.75) is 11.8 Å². The largest absolute Gasteiger partial charge is 0.508 e. The monoisotopic (exact) mass is 396 g/mol. The molecule has 4 aromatic rings. The van der Waals surface area contributed by atoms with Crippen LogP contribution in [-0.2, 0) is 0 Å². The lowest BCUT2D eigenvalue weighted by atomic mass is 10.2. The van der Waals surface area contributed by atoms with E-state index in [4.69, 9.17) is 4.52 Å². The third kappa shape index (κ3) is 4.42. The predicted octanol–water partition coefficient (Wildman–Crippen LogP) is 5.67. The topological polar surface area (TPSA) is 83.2 Å². The molecule has 0 radical (unpaired) electrons. The van der Waals surface area contributed by atoms with Gasteiger partial charge in [0.25, 0.3) is 0 Å². The van der Waals surface area contributed by atoms with Gasteiger partial charge in [-0.1, -0.05) is 5.16 Å². The zero-order valence-electron chi connectivity index (χ0n) is 14.3. The number of benzene rings is 2. The summed E-state index contributed by atoms with van der Waals surface area (Å²) in [4.78, 5) is 5.66. The van der Waals surface area contributed by atoms with Crippen molar-refractivity contribution in [3.05, 3.63) is 65.7 Å². The number of hydrogen-bond donors (Lipinski definition) is 3. The number of nitrogens with zero attached hydrogens (tertiary/aromatic N) is 2. The van der Waals surface area contributed by atoms with E-state index in [0.717, 1.165) is 32.7 Å². The van der Waals surface area contributed by atoms with Gasteiger partial charge in [-0.15, -0.1) is 11.3 Å². The molecule has 2 heterocycles. The zero-order valence-corrected chi connectivity index (χ0v) is 16.0. The Morgan fingerprint density at radius 2 is 1.85 bits per heavy atom. The Morgan fingerprint density at radius 1 is 1.07 bits per heavy atom. The highest BCUT2D eigenvalue weighted by Gasteiger charge is 2.06. The van der Waals surface area contributed by atoms with Gasteiger partial charge in [-0.25, -0.2) is 4.98 Å². The Morgan fingerprint density at radius 3 is 2.56 bits per heavy atom. The van der Waals surface area contributed by atoms with Crippen LogP contribution in [0.25, 0.3) is 11.3 Å². The van der Waals surface area contributed by atoms with E-state index < -0.39 is 0 Å². The maximum atomic E-state index is 9.39. The van der Waals surface area contributed by atoms with Crippen LogP contribution in [0.5, 0.6) is 5.75 Å². The molecule has 2 aromatic carbocycles. The van der Waals surface area contributed by atoms with Gasteiger partial charge < -0.3 is 19.7 Å². The summed E-state index contributed by atoms with van der Waals surface area (Å²) in [5.41, 5.74) is 2.81. The van der Waals surface area contributed by atoms with Crippen molar-refractivity contribution in [1.29, 1.82) is 0 Å². The molecule has 0 fully saturated rings. The van der Waals surface area contributed by atoms with Crippen LogP contribution >= 0.6 is 23.3 Å². The van der Waals surface area contributed by atoms with E-state index in [1.54, 1.807) is 12.1 Å². The highest BCUT2D eigenvalue weighted by atomic mass is 32.2. The van der Waals surface area contributed by atoms with E-state index in [1.807, 2.05) is 54.8 Å². The molecule has 0 atom stereocenters. The molecule has 4 rings (SSSR count). The van der Waals surface area contributed by atoms with Crippen molar-refractivity contribution in [3.8, 4) is 17.0 Å². The molecule has 8 heteroatoms. The average molecular weight is 396 g/mol. The fourth-order valence-electron chi connectivity index (χ4n) is 2.35. The quantitative estimate of drug-likeness (QED) is 0.362. The predicted molar refractivity (Wildman–Crippen MR) is 110 cm³/mol. The summed E-state index contributed by atoms with van der Waals surface area (Å²) in [6.45, 7) is 1.86. The van der Waals surface area contributed by atoms with Crippen LogP contribution in [0.3, 0.4) is 0 Å². The van der Waals surface area contributed by atoms with Gasteiger partial charge >= 0.3 is 0 Å². The smallest absolute Gasteiger partial charge is 0.187 e. The molecule has 0 aliphatic heterocycles. The number of anilines is 3. The Hall–Kier alpha value is -2.97. The second-order valence-electron chi connectivity index (χ2n) is 5.76. The first-order chi connectivity index (χ1) is 13.2.